The molecule has 0 saturated carbocycles. The number of nitrogens with one attached hydrogen (secondary N) is 2. The van der Waals surface area contributed by atoms with E-state index in [0.717, 1.165) is 13.0 Å². The summed E-state index contributed by atoms with van der Waals surface area (Å²) in [4.78, 5) is 12.8. The number of rotatable bonds is 6. The number of ether oxygens (including phenoxy) is 1. The van der Waals surface area contributed by atoms with Gasteiger partial charge in [0.15, 0.2) is 17.8 Å². The Kier molecular flexibility index (Phi) is 5.46. The molecule has 3 aromatic rings. The third-order valence-electron chi connectivity index (χ3n) is 5.35. The minimum atomic E-state index is -0.490. The Balaban J connectivity index is 1.52. The molecule has 1 atom stereocenters. The second-order valence-electron chi connectivity index (χ2n) is 8.06. The Morgan fingerprint density at radius 2 is 1.70 bits per heavy atom. The van der Waals surface area contributed by atoms with Crippen LogP contribution in [0.25, 0.3) is 0 Å². The van der Waals surface area contributed by atoms with Gasteiger partial charge < -0.3 is 15.2 Å². The zero-order chi connectivity index (χ0) is 21.1. The van der Waals surface area contributed by atoms with Gasteiger partial charge in [-0.15, -0.1) is 0 Å². The van der Waals surface area contributed by atoms with Crippen LogP contribution in [0.5, 0.6) is 11.5 Å². The van der Waals surface area contributed by atoms with Crippen LogP contribution in [0.2, 0.25) is 0 Å². The summed E-state index contributed by atoms with van der Waals surface area (Å²) >= 11 is 0. The maximum absolute atomic E-state index is 12.8. The van der Waals surface area contributed by atoms with E-state index in [2.05, 4.69) is 22.8 Å². The van der Waals surface area contributed by atoms with Crippen LogP contribution in [0.15, 0.2) is 72.8 Å². The first kappa shape index (κ1) is 20.0. The lowest BCUT2D eigenvalue weighted by Gasteiger charge is -2.41. The molecular formula is C25H26N2O3. The first-order chi connectivity index (χ1) is 14.5. The number of carbonyl (C=O) groups excluding carboxylic acids is 1. The predicted octanol–water partition coefficient (Wildman–Crippen LogP) is 4.36. The van der Waals surface area contributed by atoms with Crippen molar-refractivity contribution in [2.45, 2.75) is 32.0 Å². The van der Waals surface area contributed by atoms with Crippen LogP contribution in [0, 0.1) is 0 Å². The Morgan fingerprint density at radius 1 is 1.03 bits per heavy atom. The smallest absolute Gasteiger partial charge is 0.196 e. The number of hydrogen-bond acceptors (Lipinski definition) is 5. The van der Waals surface area contributed by atoms with E-state index in [9.17, 15) is 9.90 Å². The first-order valence-electron chi connectivity index (χ1n) is 10.1. The van der Waals surface area contributed by atoms with Crippen molar-refractivity contribution >= 4 is 11.5 Å². The Labute approximate surface area is 176 Å². The third kappa shape index (κ3) is 4.02. The molecule has 5 heteroatoms. The van der Waals surface area contributed by atoms with Crippen LogP contribution in [0.1, 0.15) is 35.3 Å². The van der Waals surface area contributed by atoms with E-state index in [1.54, 1.807) is 36.4 Å². The van der Waals surface area contributed by atoms with Crippen molar-refractivity contribution in [3.63, 3.8) is 0 Å². The van der Waals surface area contributed by atoms with Crippen molar-refractivity contribution in [1.82, 2.24) is 5.32 Å². The number of anilines is 1. The van der Waals surface area contributed by atoms with Crippen molar-refractivity contribution in [2.24, 2.45) is 0 Å². The summed E-state index contributed by atoms with van der Waals surface area (Å²) in [6.07, 6.45) is 0.600. The molecule has 0 aliphatic carbocycles. The lowest BCUT2D eigenvalue weighted by atomic mass is 9.96. The average Bonchev–Trinajstić information content (AvgIpc) is 2.76. The number of hydrogen-bond donors (Lipinski definition) is 3. The number of benzene rings is 3. The molecule has 0 amide bonds. The number of fused-ring (bicyclic) bond motifs is 1. The second kappa shape index (κ2) is 8.20. The van der Waals surface area contributed by atoms with Crippen LogP contribution in [-0.4, -0.2) is 29.2 Å². The molecule has 1 aliphatic heterocycles. The minimum Gasteiger partial charge on any atom is -0.505 e. The predicted molar refractivity (Wildman–Crippen MR) is 118 cm³/mol. The van der Waals surface area contributed by atoms with E-state index < -0.39 is 5.54 Å². The number of phenols is 1. The normalized spacial score (nSPS) is 16.8. The summed E-state index contributed by atoms with van der Waals surface area (Å²) in [5.41, 5.74) is 2.00. The summed E-state index contributed by atoms with van der Waals surface area (Å²) in [6, 6.07) is 22.6. The number of carbonyl (C=O) groups is 1. The quantitative estimate of drug-likeness (QED) is 0.422. The third-order valence-corrected chi connectivity index (χ3v) is 5.35. The maximum atomic E-state index is 12.8. The van der Waals surface area contributed by atoms with Gasteiger partial charge in [0, 0.05) is 12.1 Å². The molecule has 0 bridgehead atoms. The lowest BCUT2D eigenvalue weighted by Crippen LogP contribution is -2.57. The number of ketones is 1. The van der Waals surface area contributed by atoms with Gasteiger partial charge in [0.1, 0.15) is 11.4 Å². The summed E-state index contributed by atoms with van der Waals surface area (Å²) in [5, 5.41) is 17.6. The van der Waals surface area contributed by atoms with Crippen LogP contribution < -0.4 is 15.4 Å². The minimum absolute atomic E-state index is 0.0860. The van der Waals surface area contributed by atoms with Gasteiger partial charge in [-0.25, -0.2) is 0 Å². The van der Waals surface area contributed by atoms with E-state index in [4.69, 9.17) is 4.74 Å². The molecule has 4 rings (SSSR count). The molecule has 0 radical (unpaired) electrons. The SMILES string of the molecule is CC1(C)Nc2c(ccc(C(=O)c3ccccc3)c2O)OC1NCCc1ccccc1. The lowest BCUT2D eigenvalue weighted by molar-refractivity contribution is 0.0952. The summed E-state index contributed by atoms with van der Waals surface area (Å²) in [6.45, 7) is 4.76. The van der Waals surface area contributed by atoms with Gasteiger partial charge in [-0.1, -0.05) is 60.7 Å². The fourth-order valence-corrected chi connectivity index (χ4v) is 3.67. The van der Waals surface area contributed by atoms with Gasteiger partial charge in [0.2, 0.25) is 0 Å². The molecule has 1 heterocycles. The van der Waals surface area contributed by atoms with Crippen molar-refractivity contribution < 1.29 is 14.6 Å². The monoisotopic (exact) mass is 402 g/mol. The average molecular weight is 402 g/mol. The van der Waals surface area contributed by atoms with Gasteiger partial charge in [-0.3, -0.25) is 10.1 Å². The second-order valence-corrected chi connectivity index (χ2v) is 8.06. The van der Waals surface area contributed by atoms with Crippen LogP contribution in [0.4, 0.5) is 5.69 Å². The number of aromatic hydroxyl groups is 1. The molecule has 30 heavy (non-hydrogen) atoms. The van der Waals surface area contributed by atoms with Gasteiger partial charge in [-0.05, 0) is 38.0 Å². The molecule has 1 unspecified atom stereocenters. The van der Waals surface area contributed by atoms with Crippen molar-refractivity contribution in [3.05, 3.63) is 89.5 Å². The zero-order valence-electron chi connectivity index (χ0n) is 17.2. The molecule has 154 valence electrons. The highest BCUT2D eigenvalue weighted by molar-refractivity contribution is 6.11. The zero-order valence-corrected chi connectivity index (χ0v) is 17.2. The molecule has 3 N–H and O–H groups in total. The van der Waals surface area contributed by atoms with Crippen molar-refractivity contribution in [3.8, 4) is 11.5 Å². The van der Waals surface area contributed by atoms with E-state index in [1.807, 2.05) is 38.1 Å². The summed E-state index contributed by atoms with van der Waals surface area (Å²) < 4.78 is 6.16. The van der Waals surface area contributed by atoms with E-state index in [0.29, 0.717) is 17.0 Å². The van der Waals surface area contributed by atoms with Gasteiger partial charge in [-0.2, -0.15) is 0 Å². The van der Waals surface area contributed by atoms with Crippen LogP contribution in [0.3, 0.4) is 0 Å². The highest BCUT2D eigenvalue weighted by Crippen LogP contribution is 2.43. The Bertz CT molecular complexity index is 1030. The van der Waals surface area contributed by atoms with Crippen LogP contribution in [-0.2, 0) is 6.42 Å². The molecular weight excluding hydrogens is 376 g/mol. The fourth-order valence-electron chi connectivity index (χ4n) is 3.67. The molecule has 0 saturated heterocycles. The topological polar surface area (TPSA) is 70.6 Å². The fraction of sp³-hybridized carbons (Fsp3) is 0.240. The first-order valence-corrected chi connectivity index (χ1v) is 10.1. The molecule has 5 nitrogen and oxygen atoms in total. The highest BCUT2D eigenvalue weighted by Gasteiger charge is 2.38. The standard InChI is InChI=1S/C25H26N2O3/c1-25(2)24(26-16-15-17-9-5-3-6-10-17)30-20-14-13-19(23(29)21(20)27-25)22(28)18-11-7-4-8-12-18/h3-14,24,26-27,29H,15-16H2,1-2H3. The molecule has 1 aliphatic rings. The largest absolute Gasteiger partial charge is 0.505 e. The molecule has 0 aromatic heterocycles. The van der Waals surface area contributed by atoms with Crippen LogP contribution >= 0.6 is 0 Å². The Morgan fingerprint density at radius 3 is 2.40 bits per heavy atom. The molecule has 0 spiro atoms. The van der Waals surface area contributed by atoms with E-state index in [-0.39, 0.29) is 23.3 Å². The highest BCUT2D eigenvalue weighted by atomic mass is 16.5. The van der Waals surface area contributed by atoms with Crippen molar-refractivity contribution in [2.75, 3.05) is 11.9 Å². The van der Waals surface area contributed by atoms with E-state index >= 15 is 0 Å². The Hall–Kier alpha value is -3.31. The van der Waals surface area contributed by atoms with Crippen molar-refractivity contribution in [1.29, 1.82) is 0 Å². The molecule has 0 fully saturated rings. The van der Waals surface area contributed by atoms with Gasteiger partial charge in [0.05, 0.1) is 11.1 Å². The maximum Gasteiger partial charge on any atom is 0.196 e. The van der Waals surface area contributed by atoms with Gasteiger partial charge in [0.25, 0.3) is 0 Å². The summed E-state index contributed by atoms with van der Waals surface area (Å²) in [5.74, 6) is 0.212. The molecule has 3 aromatic carbocycles. The van der Waals surface area contributed by atoms with E-state index in [1.165, 1.54) is 5.56 Å². The van der Waals surface area contributed by atoms with Gasteiger partial charge >= 0.3 is 0 Å². The number of phenolic OH excluding ortho intramolecular Hbond substituents is 1. The summed E-state index contributed by atoms with van der Waals surface area (Å²) in [7, 11) is 0.